The molecule has 0 aromatic rings. The average Bonchev–Trinajstić information content (AvgIpc) is 1.98. The first-order valence-electron chi connectivity index (χ1n) is 3.00. The fourth-order valence-electron chi connectivity index (χ4n) is 0.443. The molecular weight excluding hydrogens is 126 g/mol. The van der Waals surface area contributed by atoms with Crippen LogP contribution in [0.15, 0.2) is 36.6 Å². The molecule has 0 fully saturated rings. The zero-order valence-corrected chi connectivity index (χ0v) is 6.00. The minimum atomic E-state index is 0.622. The molecule has 0 saturated carbocycles. The molecular formula is C8H11NO. The van der Waals surface area contributed by atoms with Gasteiger partial charge in [-0.1, -0.05) is 18.7 Å². The molecule has 0 radical (unpaired) electrons. The zero-order valence-electron chi connectivity index (χ0n) is 6.00. The Morgan fingerprint density at radius 3 is 2.70 bits per heavy atom. The van der Waals surface area contributed by atoms with Crippen molar-refractivity contribution in [2.75, 3.05) is 0 Å². The highest BCUT2D eigenvalue weighted by molar-refractivity contribution is 5.52. The van der Waals surface area contributed by atoms with Crippen LogP contribution in [0, 0.1) is 0 Å². The fraction of sp³-hybridized carbons (Fsp3) is 0.125. The summed E-state index contributed by atoms with van der Waals surface area (Å²) in [4.78, 5) is 9.91. The van der Waals surface area contributed by atoms with Gasteiger partial charge >= 0.3 is 0 Å². The first-order chi connectivity index (χ1) is 4.85. The number of hydrogen-bond donors (Lipinski definition) is 1. The number of rotatable bonds is 4. The Labute approximate surface area is 60.9 Å². The molecule has 1 amide bonds. The van der Waals surface area contributed by atoms with E-state index in [4.69, 9.17) is 0 Å². The predicted molar refractivity (Wildman–Crippen MR) is 42.3 cm³/mol. The van der Waals surface area contributed by atoms with Crippen LogP contribution < -0.4 is 5.32 Å². The first-order valence-corrected chi connectivity index (χ1v) is 3.00. The maximum Gasteiger partial charge on any atom is 0.211 e. The van der Waals surface area contributed by atoms with Crippen LogP contribution in [0.5, 0.6) is 0 Å². The molecule has 0 spiro atoms. The molecule has 54 valence electrons. The van der Waals surface area contributed by atoms with Crippen molar-refractivity contribution in [2.24, 2.45) is 0 Å². The van der Waals surface area contributed by atoms with Gasteiger partial charge in [-0.25, -0.2) is 0 Å². The largest absolute Gasteiger partial charge is 0.329 e. The Morgan fingerprint density at radius 1 is 1.60 bits per heavy atom. The van der Waals surface area contributed by atoms with Crippen LogP contribution in [0.3, 0.4) is 0 Å². The second-order valence-corrected chi connectivity index (χ2v) is 1.61. The van der Waals surface area contributed by atoms with E-state index < -0.39 is 0 Å². The van der Waals surface area contributed by atoms with Crippen LogP contribution in [0.1, 0.15) is 6.92 Å². The Hall–Kier alpha value is -1.31. The van der Waals surface area contributed by atoms with Gasteiger partial charge in [-0.05, 0) is 19.1 Å². The lowest BCUT2D eigenvalue weighted by atomic mass is 10.3. The van der Waals surface area contributed by atoms with Gasteiger partial charge in [-0.2, -0.15) is 0 Å². The van der Waals surface area contributed by atoms with Gasteiger partial charge in [0.15, 0.2) is 0 Å². The molecule has 0 saturated heterocycles. The summed E-state index contributed by atoms with van der Waals surface area (Å²) in [5.41, 5.74) is 0.702. The van der Waals surface area contributed by atoms with Gasteiger partial charge in [0.1, 0.15) is 0 Å². The van der Waals surface area contributed by atoms with Crippen LogP contribution in [-0.4, -0.2) is 6.41 Å². The molecule has 10 heavy (non-hydrogen) atoms. The summed E-state index contributed by atoms with van der Waals surface area (Å²) in [5.74, 6) is 0. The molecule has 0 atom stereocenters. The number of nitrogens with one attached hydrogen (secondary N) is 1. The predicted octanol–water partition coefficient (Wildman–Crippen LogP) is 1.38. The minimum absolute atomic E-state index is 0.622. The molecule has 0 aliphatic rings. The number of amides is 1. The van der Waals surface area contributed by atoms with Crippen LogP contribution in [-0.2, 0) is 4.79 Å². The molecule has 0 heterocycles. The fourth-order valence-corrected chi connectivity index (χ4v) is 0.443. The van der Waals surface area contributed by atoms with Gasteiger partial charge in [0.25, 0.3) is 0 Å². The third kappa shape index (κ3) is 3.66. The summed E-state index contributed by atoms with van der Waals surface area (Å²) < 4.78 is 0. The van der Waals surface area contributed by atoms with Gasteiger partial charge < -0.3 is 5.32 Å². The van der Waals surface area contributed by atoms with Crippen molar-refractivity contribution in [2.45, 2.75) is 6.92 Å². The van der Waals surface area contributed by atoms with Gasteiger partial charge in [0.05, 0.1) is 0 Å². The Morgan fingerprint density at radius 2 is 2.30 bits per heavy atom. The quantitative estimate of drug-likeness (QED) is 0.460. The van der Waals surface area contributed by atoms with Gasteiger partial charge in [0, 0.05) is 5.70 Å². The van der Waals surface area contributed by atoms with E-state index in [9.17, 15) is 4.79 Å². The summed E-state index contributed by atoms with van der Waals surface area (Å²) in [6.07, 6.45) is 7.66. The number of carbonyl (C=O) groups is 1. The minimum Gasteiger partial charge on any atom is -0.329 e. The summed E-state index contributed by atoms with van der Waals surface area (Å²) in [6, 6.07) is 0. The lowest BCUT2D eigenvalue weighted by Gasteiger charge is -1.93. The van der Waals surface area contributed by atoms with Gasteiger partial charge in [-0.15, -0.1) is 0 Å². The highest BCUT2D eigenvalue weighted by Crippen LogP contribution is 1.88. The summed E-state index contributed by atoms with van der Waals surface area (Å²) >= 11 is 0. The maximum absolute atomic E-state index is 9.91. The molecule has 2 nitrogen and oxygen atoms in total. The zero-order chi connectivity index (χ0) is 7.82. The molecule has 0 unspecified atom stereocenters. The van der Waals surface area contributed by atoms with Crippen LogP contribution >= 0.6 is 0 Å². The first kappa shape index (κ1) is 8.69. The molecule has 1 N–H and O–H groups in total. The summed E-state index contributed by atoms with van der Waals surface area (Å²) in [7, 11) is 0. The number of allylic oxidation sites excluding steroid dienone is 4. The van der Waals surface area contributed by atoms with Gasteiger partial charge in [0.2, 0.25) is 6.41 Å². The lowest BCUT2D eigenvalue weighted by Crippen LogP contribution is -2.06. The van der Waals surface area contributed by atoms with Crippen molar-refractivity contribution in [3.8, 4) is 0 Å². The average molecular weight is 137 g/mol. The SMILES string of the molecule is C=C/C(=C\C=C/C)NC=O. The standard InChI is InChI=1S/C8H11NO/c1-3-5-6-8(4-2)9-7-10/h3-7H,2H2,1H3,(H,9,10)/b5-3-,8-6+. The van der Waals surface area contributed by atoms with E-state index in [-0.39, 0.29) is 0 Å². The molecule has 0 aromatic heterocycles. The molecule has 0 bridgehead atoms. The smallest absolute Gasteiger partial charge is 0.211 e. The van der Waals surface area contributed by atoms with E-state index >= 15 is 0 Å². The highest BCUT2D eigenvalue weighted by Gasteiger charge is 1.81. The maximum atomic E-state index is 9.91. The molecule has 0 aliphatic carbocycles. The van der Waals surface area contributed by atoms with E-state index in [1.54, 1.807) is 12.2 Å². The Kier molecular flexibility index (Phi) is 5.06. The van der Waals surface area contributed by atoms with Crippen molar-refractivity contribution >= 4 is 6.41 Å². The molecule has 0 aromatic carbocycles. The van der Waals surface area contributed by atoms with Crippen LogP contribution in [0.2, 0.25) is 0 Å². The van der Waals surface area contributed by atoms with E-state index in [2.05, 4.69) is 11.9 Å². The van der Waals surface area contributed by atoms with Crippen LogP contribution in [0.4, 0.5) is 0 Å². The van der Waals surface area contributed by atoms with Crippen molar-refractivity contribution < 1.29 is 4.79 Å². The van der Waals surface area contributed by atoms with Crippen molar-refractivity contribution in [3.05, 3.63) is 36.6 Å². The number of hydrogen-bond acceptors (Lipinski definition) is 1. The van der Waals surface area contributed by atoms with Gasteiger partial charge in [-0.3, -0.25) is 4.79 Å². The molecule has 0 rings (SSSR count). The summed E-state index contributed by atoms with van der Waals surface area (Å²) in [6.45, 7) is 5.41. The Bertz CT molecular complexity index is 168. The topological polar surface area (TPSA) is 29.1 Å². The van der Waals surface area contributed by atoms with E-state index in [1.807, 2.05) is 19.1 Å². The van der Waals surface area contributed by atoms with E-state index in [0.717, 1.165) is 0 Å². The third-order valence-corrected chi connectivity index (χ3v) is 0.914. The highest BCUT2D eigenvalue weighted by atomic mass is 16.1. The lowest BCUT2D eigenvalue weighted by molar-refractivity contribution is -0.108. The second-order valence-electron chi connectivity index (χ2n) is 1.61. The van der Waals surface area contributed by atoms with E-state index in [1.165, 1.54) is 0 Å². The Balaban J connectivity index is 4.02. The van der Waals surface area contributed by atoms with E-state index in [0.29, 0.717) is 12.1 Å². The van der Waals surface area contributed by atoms with Crippen LogP contribution in [0.25, 0.3) is 0 Å². The third-order valence-electron chi connectivity index (χ3n) is 0.914. The van der Waals surface area contributed by atoms with Crippen molar-refractivity contribution in [1.29, 1.82) is 0 Å². The molecule has 0 aliphatic heterocycles. The number of carbonyl (C=O) groups excluding carboxylic acids is 1. The summed E-state index contributed by atoms with van der Waals surface area (Å²) in [5, 5.41) is 2.48. The van der Waals surface area contributed by atoms with Crippen molar-refractivity contribution in [3.63, 3.8) is 0 Å². The van der Waals surface area contributed by atoms with Crippen molar-refractivity contribution in [1.82, 2.24) is 5.32 Å². The second kappa shape index (κ2) is 5.82. The normalized spacial score (nSPS) is 11.5. The monoisotopic (exact) mass is 137 g/mol. The molecule has 2 heteroatoms.